The van der Waals surface area contributed by atoms with E-state index in [1.165, 1.54) is 9.87 Å². The second-order valence-corrected chi connectivity index (χ2v) is 15.0. The topological polar surface area (TPSA) is 108 Å². The molecule has 0 aromatic heterocycles. The second kappa shape index (κ2) is 14.0. The van der Waals surface area contributed by atoms with Crippen LogP contribution in [0.1, 0.15) is 73.4 Å². The minimum atomic E-state index is -4.21. The lowest BCUT2D eigenvalue weighted by molar-refractivity contribution is 0.0460. The number of amides is 1. The molecule has 1 saturated heterocycles. The molecule has 1 saturated carbocycles. The summed E-state index contributed by atoms with van der Waals surface area (Å²) in [5.74, 6) is 0.328. The number of carbonyl (C=O) groups is 1. The highest BCUT2D eigenvalue weighted by atomic mass is 35.5. The fourth-order valence-electron chi connectivity index (χ4n) is 7.05. The number of benzene rings is 2. The van der Waals surface area contributed by atoms with Crippen molar-refractivity contribution in [3.63, 3.8) is 0 Å². The summed E-state index contributed by atoms with van der Waals surface area (Å²) >= 11 is 6.32. The van der Waals surface area contributed by atoms with Crippen LogP contribution < -0.4 is 14.4 Å². The highest BCUT2D eigenvalue weighted by molar-refractivity contribution is 7.87. The van der Waals surface area contributed by atoms with E-state index in [9.17, 15) is 18.3 Å². The molecule has 2 bridgehead atoms. The van der Waals surface area contributed by atoms with Crippen molar-refractivity contribution < 1.29 is 27.8 Å². The zero-order valence-electron chi connectivity index (χ0n) is 25.9. The Morgan fingerprint density at radius 3 is 2.71 bits per heavy atom. The van der Waals surface area contributed by atoms with E-state index < -0.39 is 28.3 Å². The molecular formula is C34H44ClN3O6S. The standard InChI is InChI=1S/C34H44ClN3O6S/c1-23-6-4-9-32(39)30-14-11-26(30)20-37-16-3-2-7-24-18-28(35)13-10-27(24)22-44-33-15-12-25(19-31(33)37)34(40)36-45(41,42)38(23)21-29-8-5-17-43-29/h4,9-10,12-13,15,18-19,23,26,29-30,32,39H,2-3,5-8,11,14,16-17,20-22H2,1H3,(H,36,40)/b9-4-/t23-,26+,29-,30-,32+/m1/s1. The van der Waals surface area contributed by atoms with Gasteiger partial charge in [0.15, 0.2) is 0 Å². The molecule has 2 aromatic carbocycles. The zero-order valence-corrected chi connectivity index (χ0v) is 27.4. The molecule has 3 heterocycles. The Bertz CT molecular complexity index is 1510. The molecule has 2 N–H and O–H groups in total. The van der Waals surface area contributed by atoms with Gasteiger partial charge in [-0.3, -0.25) is 4.79 Å². The van der Waals surface area contributed by atoms with Crippen LogP contribution >= 0.6 is 11.6 Å². The molecule has 1 aliphatic carbocycles. The van der Waals surface area contributed by atoms with Gasteiger partial charge in [-0.2, -0.15) is 12.7 Å². The van der Waals surface area contributed by atoms with Crippen LogP contribution in [0.4, 0.5) is 5.69 Å². The molecule has 0 unspecified atom stereocenters. The first-order valence-corrected chi connectivity index (χ1v) is 18.1. The summed E-state index contributed by atoms with van der Waals surface area (Å²) < 4.78 is 43.4. The summed E-state index contributed by atoms with van der Waals surface area (Å²) in [6.07, 6.45) is 9.59. The highest BCUT2D eigenvalue weighted by Crippen LogP contribution is 2.41. The van der Waals surface area contributed by atoms with E-state index in [2.05, 4.69) is 9.62 Å². The van der Waals surface area contributed by atoms with Crippen molar-refractivity contribution in [2.45, 2.75) is 83.1 Å². The molecule has 9 nitrogen and oxygen atoms in total. The summed E-state index contributed by atoms with van der Waals surface area (Å²) in [4.78, 5) is 15.9. The molecule has 45 heavy (non-hydrogen) atoms. The fourth-order valence-corrected chi connectivity index (χ4v) is 8.63. The van der Waals surface area contributed by atoms with Crippen molar-refractivity contribution in [2.24, 2.45) is 11.8 Å². The van der Waals surface area contributed by atoms with Gasteiger partial charge in [0.2, 0.25) is 0 Å². The molecule has 1 amide bonds. The molecule has 2 fully saturated rings. The Morgan fingerprint density at radius 1 is 1.07 bits per heavy atom. The molecule has 5 atom stereocenters. The van der Waals surface area contributed by atoms with Crippen molar-refractivity contribution >= 4 is 33.4 Å². The number of aliphatic hydroxyl groups excluding tert-OH is 1. The molecule has 6 rings (SSSR count). The number of aliphatic hydroxyl groups is 1. The Morgan fingerprint density at radius 2 is 1.93 bits per heavy atom. The normalized spacial score (nSPS) is 30.1. The quantitative estimate of drug-likeness (QED) is 0.425. The number of aryl methyl sites for hydroxylation is 1. The van der Waals surface area contributed by atoms with Crippen LogP contribution in [-0.4, -0.2) is 68.2 Å². The van der Waals surface area contributed by atoms with Crippen molar-refractivity contribution in [1.82, 2.24) is 9.03 Å². The zero-order chi connectivity index (χ0) is 31.6. The lowest BCUT2D eigenvalue weighted by atomic mass is 9.70. The van der Waals surface area contributed by atoms with Gasteiger partial charge in [0.25, 0.3) is 5.91 Å². The third-order valence-corrected chi connectivity index (χ3v) is 11.7. The van der Waals surface area contributed by atoms with E-state index in [-0.39, 0.29) is 30.0 Å². The molecule has 3 aliphatic heterocycles. The molecule has 4 aliphatic rings. The maximum Gasteiger partial charge on any atom is 0.304 e. The summed E-state index contributed by atoms with van der Waals surface area (Å²) in [5.41, 5.74) is 3.23. The smallest absolute Gasteiger partial charge is 0.304 e. The number of anilines is 1. The number of nitrogens with zero attached hydrogens (tertiary/aromatic N) is 2. The summed E-state index contributed by atoms with van der Waals surface area (Å²) in [5, 5.41) is 11.9. The van der Waals surface area contributed by atoms with Gasteiger partial charge >= 0.3 is 10.2 Å². The number of nitrogens with one attached hydrogen (secondary N) is 1. The number of ether oxygens (including phenoxy) is 2. The Labute approximate surface area is 271 Å². The van der Waals surface area contributed by atoms with Gasteiger partial charge in [-0.25, -0.2) is 4.72 Å². The Hall–Kier alpha value is -2.63. The minimum absolute atomic E-state index is 0.108. The minimum Gasteiger partial charge on any atom is -0.487 e. The Kier molecular flexibility index (Phi) is 10.1. The molecular weight excluding hydrogens is 614 g/mol. The summed E-state index contributed by atoms with van der Waals surface area (Å²) in [6, 6.07) is 10.6. The van der Waals surface area contributed by atoms with E-state index in [0.29, 0.717) is 37.0 Å². The van der Waals surface area contributed by atoms with Crippen LogP contribution in [0.2, 0.25) is 5.02 Å². The van der Waals surface area contributed by atoms with E-state index in [4.69, 9.17) is 21.1 Å². The lowest BCUT2D eigenvalue weighted by Crippen LogP contribution is -2.50. The lowest BCUT2D eigenvalue weighted by Gasteiger charge is -2.42. The van der Waals surface area contributed by atoms with Gasteiger partial charge in [-0.15, -0.1) is 0 Å². The first kappa shape index (κ1) is 32.3. The summed E-state index contributed by atoms with van der Waals surface area (Å²) in [6.45, 7) is 4.37. The number of hydrogen-bond acceptors (Lipinski definition) is 7. The predicted molar refractivity (Wildman–Crippen MR) is 175 cm³/mol. The van der Waals surface area contributed by atoms with Gasteiger partial charge in [0.05, 0.1) is 17.9 Å². The van der Waals surface area contributed by atoms with Gasteiger partial charge in [0.1, 0.15) is 12.4 Å². The first-order chi connectivity index (χ1) is 21.7. The van der Waals surface area contributed by atoms with Crippen LogP contribution in [0.3, 0.4) is 0 Å². The maximum absolute atomic E-state index is 13.7. The molecule has 0 spiro atoms. The Balaban J connectivity index is 1.36. The van der Waals surface area contributed by atoms with Gasteiger partial charge in [0, 0.05) is 42.9 Å². The number of rotatable bonds is 2. The molecule has 244 valence electrons. The van der Waals surface area contributed by atoms with Crippen LogP contribution in [-0.2, 0) is 28.0 Å². The van der Waals surface area contributed by atoms with E-state index >= 15 is 0 Å². The molecule has 11 heteroatoms. The van der Waals surface area contributed by atoms with E-state index in [1.807, 2.05) is 37.3 Å². The first-order valence-electron chi connectivity index (χ1n) is 16.3. The van der Waals surface area contributed by atoms with E-state index in [0.717, 1.165) is 62.7 Å². The summed E-state index contributed by atoms with van der Waals surface area (Å²) in [7, 11) is -4.21. The van der Waals surface area contributed by atoms with Gasteiger partial charge < -0.3 is 19.5 Å². The number of carbonyl (C=O) groups excluding carboxylic acids is 1. The van der Waals surface area contributed by atoms with Gasteiger partial charge in [-0.1, -0.05) is 29.8 Å². The van der Waals surface area contributed by atoms with Crippen molar-refractivity contribution in [3.05, 3.63) is 70.3 Å². The van der Waals surface area contributed by atoms with E-state index in [1.54, 1.807) is 18.2 Å². The van der Waals surface area contributed by atoms with Crippen molar-refractivity contribution in [3.8, 4) is 5.75 Å². The van der Waals surface area contributed by atoms with Crippen LogP contribution in [0.5, 0.6) is 5.75 Å². The van der Waals surface area contributed by atoms with Gasteiger partial charge in [-0.05, 0) is 112 Å². The molecule has 0 radical (unpaired) electrons. The fraction of sp³-hybridized carbons (Fsp3) is 0.559. The predicted octanol–water partition coefficient (Wildman–Crippen LogP) is 5.25. The third kappa shape index (κ3) is 7.52. The van der Waals surface area contributed by atoms with Crippen LogP contribution in [0.25, 0.3) is 0 Å². The van der Waals surface area contributed by atoms with Crippen LogP contribution in [0, 0.1) is 11.8 Å². The van der Waals surface area contributed by atoms with Crippen LogP contribution in [0.15, 0.2) is 48.6 Å². The van der Waals surface area contributed by atoms with Crippen molar-refractivity contribution in [2.75, 3.05) is 31.1 Å². The molecule has 2 aromatic rings. The van der Waals surface area contributed by atoms with Crippen molar-refractivity contribution in [1.29, 1.82) is 0 Å². The average Bonchev–Trinajstić information content (AvgIpc) is 3.50. The third-order valence-electron chi connectivity index (χ3n) is 9.85. The maximum atomic E-state index is 13.7. The number of fused-ring (bicyclic) bond motifs is 3. The number of hydrogen-bond donors (Lipinski definition) is 2. The monoisotopic (exact) mass is 657 g/mol. The SMILES string of the molecule is C[C@@H]1C/C=C\[C@H](O)[C@@H]2CC[C@H]2CN2CCCCc3cc(Cl)ccc3COc3ccc(cc32)C(=O)NS(=O)(=O)N1C[C@H]1CCCO1. The number of halogens is 1. The average molecular weight is 658 g/mol. The second-order valence-electron chi connectivity index (χ2n) is 12.9. The largest absolute Gasteiger partial charge is 0.487 e. The highest BCUT2D eigenvalue weighted by Gasteiger charge is 2.38.